The Morgan fingerprint density at radius 2 is 2.04 bits per heavy atom. The zero-order valence-electron chi connectivity index (χ0n) is 15.8. The highest BCUT2D eigenvalue weighted by molar-refractivity contribution is 5.92. The van der Waals surface area contributed by atoms with Gasteiger partial charge in [0.15, 0.2) is 0 Å². The molecule has 2 N–H and O–H groups in total. The molecule has 1 amide bonds. The van der Waals surface area contributed by atoms with Gasteiger partial charge in [-0.1, -0.05) is 25.1 Å². The van der Waals surface area contributed by atoms with Crippen LogP contribution in [0.1, 0.15) is 46.9 Å². The van der Waals surface area contributed by atoms with Gasteiger partial charge in [0.2, 0.25) is 0 Å². The maximum Gasteiger partial charge on any atom is 0.270 e. The van der Waals surface area contributed by atoms with Gasteiger partial charge in [0.05, 0.1) is 12.8 Å². The Hall–Kier alpha value is -2.40. The molecule has 0 bridgehead atoms. The van der Waals surface area contributed by atoms with E-state index in [2.05, 4.69) is 40.7 Å². The van der Waals surface area contributed by atoms with Crippen molar-refractivity contribution < 1.29 is 9.53 Å². The number of fused-ring (bicyclic) bond motifs is 1. The molecular formula is C22H27N3O2. The minimum Gasteiger partial charge on any atom is -0.492 e. The third kappa shape index (κ3) is 4.66. The molecule has 1 aromatic heterocycles. The van der Waals surface area contributed by atoms with Crippen LogP contribution >= 0.6 is 0 Å². The van der Waals surface area contributed by atoms with E-state index >= 15 is 0 Å². The number of amides is 1. The van der Waals surface area contributed by atoms with Crippen LogP contribution < -0.4 is 15.4 Å². The number of hydrogen-bond acceptors (Lipinski definition) is 4. The Bertz CT molecular complexity index is 800. The molecule has 5 nitrogen and oxygen atoms in total. The van der Waals surface area contributed by atoms with Gasteiger partial charge in [0.1, 0.15) is 11.4 Å². The summed E-state index contributed by atoms with van der Waals surface area (Å²) in [6, 6.07) is 10.3. The van der Waals surface area contributed by atoms with E-state index < -0.39 is 0 Å². The topological polar surface area (TPSA) is 63.2 Å². The second-order valence-corrected chi connectivity index (χ2v) is 7.60. The number of nitrogens with one attached hydrogen (secondary N) is 2. The average Bonchev–Trinajstić information content (AvgIpc) is 3.43. The summed E-state index contributed by atoms with van der Waals surface area (Å²) < 4.78 is 5.68. The average molecular weight is 365 g/mol. The Labute approximate surface area is 160 Å². The molecule has 0 aliphatic heterocycles. The summed E-state index contributed by atoms with van der Waals surface area (Å²) >= 11 is 0. The van der Waals surface area contributed by atoms with Crippen LogP contribution in [0.4, 0.5) is 0 Å². The third-order valence-electron chi connectivity index (χ3n) is 5.27. The van der Waals surface area contributed by atoms with Gasteiger partial charge in [-0.05, 0) is 67.0 Å². The highest BCUT2D eigenvalue weighted by atomic mass is 16.5. The van der Waals surface area contributed by atoms with Crippen molar-refractivity contribution in [1.82, 2.24) is 15.6 Å². The van der Waals surface area contributed by atoms with Crippen LogP contribution in [0.3, 0.4) is 0 Å². The number of ether oxygens (including phenoxy) is 1. The molecule has 5 heteroatoms. The van der Waals surface area contributed by atoms with Crippen molar-refractivity contribution >= 4 is 5.91 Å². The predicted molar refractivity (Wildman–Crippen MR) is 105 cm³/mol. The fourth-order valence-electron chi connectivity index (χ4n) is 3.51. The van der Waals surface area contributed by atoms with Crippen LogP contribution in [0.5, 0.6) is 5.75 Å². The molecule has 1 heterocycles. The summed E-state index contributed by atoms with van der Waals surface area (Å²) in [5.74, 6) is 1.32. The second kappa shape index (κ2) is 8.09. The Balaban J connectivity index is 1.31. The van der Waals surface area contributed by atoms with E-state index in [9.17, 15) is 4.79 Å². The molecule has 2 aliphatic carbocycles. The SMILES string of the molecule is CCNCc1ccc2c(c1)CC(NC(=O)c1ccc(OCC3CC3)cn1)C2. The number of aromatic nitrogens is 1. The molecule has 2 aliphatic rings. The first kappa shape index (κ1) is 18.0. The lowest BCUT2D eigenvalue weighted by Crippen LogP contribution is -2.35. The van der Waals surface area contributed by atoms with E-state index in [0.29, 0.717) is 11.6 Å². The maximum absolute atomic E-state index is 12.5. The van der Waals surface area contributed by atoms with Gasteiger partial charge >= 0.3 is 0 Å². The largest absolute Gasteiger partial charge is 0.492 e. The van der Waals surface area contributed by atoms with Crippen LogP contribution in [0.25, 0.3) is 0 Å². The number of carbonyl (C=O) groups excluding carboxylic acids is 1. The number of pyridine rings is 1. The Morgan fingerprint density at radius 1 is 1.19 bits per heavy atom. The number of hydrogen-bond donors (Lipinski definition) is 2. The molecule has 142 valence electrons. The lowest BCUT2D eigenvalue weighted by atomic mass is 10.1. The van der Waals surface area contributed by atoms with Crippen LogP contribution in [-0.4, -0.2) is 30.1 Å². The molecule has 1 saturated carbocycles. The minimum atomic E-state index is -0.116. The molecule has 0 saturated heterocycles. The van der Waals surface area contributed by atoms with Crippen LogP contribution in [0.15, 0.2) is 36.5 Å². The fraction of sp³-hybridized carbons (Fsp3) is 0.455. The minimum absolute atomic E-state index is 0.116. The Morgan fingerprint density at radius 3 is 2.78 bits per heavy atom. The normalized spacial score (nSPS) is 18.2. The van der Waals surface area contributed by atoms with E-state index in [4.69, 9.17) is 4.74 Å². The van der Waals surface area contributed by atoms with Crippen LogP contribution in [0, 0.1) is 5.92 Å². The van der Waals surface area contributed by atoms with Gasteiger partial charge in [-0.15, -0.1) is 0 Å². The Kier molecular flexibility index (Phi) is 5.39. The summed E-state index contributed by atoms with van der Waals surface area (Å²) in [6.07, 6.45) is 5.92. The molecule has 1 unspecified atom stereocenters. The highest BCUT2D eigenvalue weighted by Gasteiger charge is 2.24. The molecule has 2 aromatic rings. The van der Waals surface area contributed by atoms with Crippen molar-refractivity contribution in [1.29, 1.82) is 0 Å². The van der Waals surface area contributed by atoms with E-state index in [1.165, 1.54) is 29.5 Å². The smallest absolute Gasteiger partial charge is 0.270 e. The van der Waals surface area contributed by atoms with Gasteiger partial charge < -0.3 is 15.4 Å². The van der Waals surface area contributed by atoms with Gasteiger partial charge in [-0.3, -0.25) is 4.79 Å². The number of benzene rings is 1. The number of rotatable bonds is 8. The standard InChI is InChI=1S/C22H27N3O2/c1-2-23-12-16-5-6-17-10-19(11-18(17)9-16)25-22(26)21-8-7-20(13-24-21)27-14-15-3-4-15/h5-9,13,15,19,23H,2-4,10-12,14H2,1H3,(H,25,26). The van der Waals surface area contributed by atoms with Gasteiger partial charge in [-0.2, -0.15) is 0 Å². The van der Waals surface area contributed by atoms with Crippen molar-refractivity contribution in [3.05, 3.63) is 58.9 Å². The summed E-state index contributed by atoms with van der Waals surface area (Å²) in [5.41, 5.74) is 4.41. The van der Waals surface area contributed by atoms with E-state index in [-0.39, 0.29) is 11.9 Å². The van der Waals surface area contributed by atoms with Crippen molar-refractivity contribution in [2.24, 2.45) is 5.92 Å². The molecule has 1 aromatic carbocycles. The molecule has 4 rings (SSSR count). The first-order valence-corrected chi connectivity index (χ1v) is 9.92. The zero-order valence-corrected chi connectivity index (χ0v) is 15.8. The van der Waals surface area contributed by atoms with E-state index in [1.807, 2.05) is 6.07 Å². The van der Waals surface area contributed by atoms with E-state index in [1.54, 1.807) is 12.3 Å². The number of nitrogens with zero attached hydrogens (tertiary/aromatic N) is 1. The van der Waals surface area contributed by atoms with Crippen molar-refractivity contribution in [2.45, 2.75) is 45.2 Å². The zero-order chi connectivity index (χ0) is 18.6. The summed E-state index contributed by atoms with van der Waals surface area (Å²) in [6.45, 7) is 4.72. The molecule has 1 fully saturated rings. The summed E-state index contributed by atoms with van der Waals surface area (Å²) in [7, 11) is 0. The summed E-state index contributed by atoms with van der Waals surface area (Å²) in [4.78, 5) is 16.8. The molecule has 1 atom stereocenters. The van der Waals surface area contributed by atoms with Gasteiger partial charge in [0, 0.05) is 12.6 Å². The number of carbonyl (C=O) groups is 1. The van der Waals surface area contributed by atoms with Crippen molar-refractivity contribution in [3.8, 4) is 5.75 Å². The highest BCUT2D eigenvalue weighted by Crippen LogP contribution is 2.29. The van der Waals surface area contributed by atoms with Crippen molar-refractivity contribution in [2.75, 3.05) is 13.2 Å². The maximum atomic E-state index is 12.5. The monoisotopic (exact) mass is 365 g/mol. The van der Waals surface area contributed by atoms with Gasteiger partial charge in [0.25, 0.3) is 5.91 Å². The first-order valence-electron chi connectivity index (χ1n) is 9.92. The van der Waals surface area contributed by atoms with Gasteiger partial charge in [-0.25, -0.2) is 4.98 Å². The van der Waals surface area contributed by atoms with Crippen molar-refractivity contribution in [3.63, 3.8) is 0 Å². The molecule has 0 radical (unpaired) electrons. The first-order chi connectivity index (χ1) is 13.2. The molecule has 27 heavy (non-hydrogen) atoms. The van der Waals surface area contributed by atoms with E-state index in [0.717, 1.165) is 38.3 Å². The lowest BCUT2D eigenvalue weighted by Gasteiger charge is -2.12. The molecule has 0 spiro atoms. The quantitative estimate of drug-likeness (QED) is 0.755. The summed E-state index contributed by atoms with van der Waals surface area (Å²) in [5, 5.41) is 6.48. The fourth-order valence-corrected chi connectivity index (χ4v) is 3.51. The van der Waals surface area contributed by atoms with Crippen LogP contribution in [-0.2, 0) is 19.4 Å². The second-order valence-electron chi connectivity index (χ2n) is 7.60. The predicted octanol–water partition coefficient (Wildman–Crippen LogP) is 2.88. The lowest BCUT2D eigenvalue weighted by molar-refractivity contribution is 0.0933. The molecular weight excluding hydrogens is 338 g/mol. The third-order valence-corrected chi connectivity index (χ3v) is 5.27. The van der Waals surface area contributed by atoms with Crippen LogP contribution in [0.2, 0.25) is 0 Å².